The first kappa shape index (κ1) is 14.2. The van der Waals surface area contributed by atoms with Gasteiger partial charge in [-0.25, -0.2) is 4.98 Å². The molecule has 1 aromatic heterocycles. The molecule has 0 amide bonds. The number of pyridine rings is 1. The van der Waals surface area contributed by atoms with Crippen molar-refractivity contribution in [1.82, 2.24) is 9.88 Å². The molecule has 1 aliphatic heterocycles. The second-order valence-corrected chi connectivity index (χ2v) is 6.18. The largest absolute Gasteiger partial charge is 0.388 e. The van der Waals surface area contributed by atoms with Crippen LogP contribution >= 0.6 is 12.2 Å². The summed E-state index contributed by atoms with van der Waals surface area (Å²) in [5.41, 5.74) is 6.61. The molecule has 1 aromatic rings. The first-order valence-corrected chi connectivity index (χ1v) is 7.09. The van der Waals surface area contributed by atoms with Crippen LogP contribution in [-0.4, -0.2) is 41.6 Å². The van der Waals surface area contributed by atoms with Crippen molar-refractivity contribution in [3.63, 3.8) is 0 Å². The number of nitrogens with two attached hydrogens (primary N) is 1. The number of aromatic nitrogens is 1. The lowest BCUT2D eigenvalue weighted by Crippen LogP contribution is -2.40. The third kappa shape index (κ3) is 3.88. The monoisotopic (exact) mass is 278 g/mol. The van der Waals surface area contributed by atoms with Crippen molar-refractivity contribution in [2.45, 2.75) is 19.8 Å². The van der Waals surface area contributed by atoms with E-state index in [1.165, 1.54) is 25.9 Å². The van der Waals surface area contributed by atoms with Crippen LogP contribution in [0.25, 0.3) is 0 Å². The molecule has 0 aliphatic carbocycles. The van der Waals surface area contributed by atoms with Crippen molar-refractivity contribution in [3.05, 3.63) is 23.9 Å². The molecular weight excluding hydrogens is 256 g/mol. The van der Waals surface area contributed by atoms with Crippen LogP contribution in [0.5, 0.6) is 0 Å². The summed E-state index contributed by atoms with van der Waals surface area (Å²) in [6.07, 6.45) is 2.43. The van der Waals surface area contributed by atoms with Crippen molar-refractivity contribution in [1.29, 1.82) is 0 Å². The maximum Gasteiger partial charge on any atom is 0.126 e. The second kappa shape index (κ2) is 5.84. The minimum Gasteiger partial charge on any atom is -0.388 e. The minimum absolute atomic E-state index is 0.341. The molecule has 0 unspecified atom stereocenters. The van der Waals surface area contributed by atoms with Gasteiger partial charge in [0.25, 0.3) is 0 Å². The summed E-state index contributed by atoms with van der Waals surface area (Å²) in [7, 11) is 2.18. The highest BCUT2D eigenvalue weighted by molar-refractivity contribution is 7.80. The topological polar surface area (TPSA) is 54.2 Å². The van der Waals surface area contributed by atoms with Gasteiger partial charge in [0.2, 0.25) is 0 Å². The highest BCUT2D eigenvalue weighted by Crippen LogP contribution is 2.30. The number of hydrogen-bond acceptors (Lipinski definition) is 4. The van der Waals surface area contributed by atoms with Crippen molar-refractivity contribution in [2.24, 2.45) is 11.1 Å². The average molecular weight is 278 g/mol. The van der Waals surface area contributed by atoms with E-state index < -0.39 is 0 Å². The first-order valence-electron chi connectivity index (χ1n) is 6.68. The van der Waals surface area contributed by atoms with Crippen LogP contribution in [0.4, 0.5) is 5.82 Å². The molecule has 0 aromatic carbocycles. The maximum atomic E-state index is 5.60. The van der Waals surface area contributed by atoms with Gasteiger partial charge in [0.1, 0.15) is 10.8 Å². The number of nitrogens with zero attached hydrogens (tertiary/aromatic N) is 2. The van der Waals surface area contributed by atoms with Gasteiger partial charge >= 0.3 is 0 Å². The Morgan fingerprint density at radius 3 is 2.79 bits per heavy atom. The predicted octanol–water partition coefficient (Wildman–Crippen LogP) is 1.86. The number of hydrogen-bond donors (Lipinski definition) is 2. The van der Waals surface area contributed by atoms with Crippen LogP contribution in [0.15, 0.2) is 18.2 Å². The Hall–Kier alpha value is -1.20. The predicted molar refractivity (Wildman–Crippen MR) is 83.5 cm³/mol. The molecule has 0 saturated carbocycles. The standard InChI is InChI=1S/C14H22N4S/c1-14(6-8-18(2)9-7-14)10-16-12-5-3-4-11(17-12)13(15)19/h3-5H,6-10H2,1-2H3,(H2,15,19)(H,16,17). The van der Waals surface area contributed by atoms with E-state index in [2.05, 4.69) is 29.2 Å². The van der Waals surface area contributed by atoms with Gasteiger partial charge in [0.15, 0.2) is 0 Å². The summed E-state index contributed by atoms with van der Waals surface area (Å²) in [5.74, 6) is 0.852. The molecule has 0 bridgehead atoms. The summed E-state index contributed by atoms with van der Waals surface area (Å²) >= 11 is 4.95. The lowest BCUT2D eigenvalue weighted by atomic mass is 9.80. The van der Waals surface area contributed by atoms with Crippen molar-refractivity contribution in [3.8, 4) is 0 Å². The van der Waals surface area contributed by atoms with Crippen molar-refractivity contribution >= 4 is 23.0 Å². The van der Waals surface area contributed by atoms with E-state index >= 15 is 0 Å². The Balaban J connectivity index is 1.95. The molecule has 1 aliphatic rings. The Morgan fingerprint density at radius 1 is 1.47 bits per heavy atom. The number of anilines is 1. The minimum atomic E-state index is 0.341. The van der Waals surface area contributed by atoms with Crippen molar-refractivity contribution < 1.29 is 0 Å². The molecule has 2 heterocycles. The molecule has 4 nitrogen and oxygen atoms in total. The fraction of sp³-hybridized carbons (Fsp3) is 0.571. The van der Waals surface area contributed by atoms with E-state index in [9.17, 15) is 0 Å². The number of nitrogens with one attached hydrogen (secondary N) is 1. The fourth-order valence-corrected chi connectivity index (χ4v) is 2.42. The van der Waals surface area contributed by atoms with E-state index in [4.69, 9.17) is 18.0 Å². The van der Waals surface area contributed by atoms with Crippen LogP contribution in [0, 0.1) is 5.41 Å². The Morgan fingerprint density at radius 2 is 2.16 bits per heavy atom. The highest BCUT2D eigenvalue weighted by Gasteiger charge is 2.28. The number of piperidine rings is 1. The van der Waals surface area contributed by atoms with Gasteiger partial charge < -0.3 is 16.0 Å². The van der Waals surface area contributed by atoms with Gasteiger partial charge in [-0.3, -0.25) is 0 Å². The van der Waals surface area contributed by atoms with Crippen molar-refractivity contribution in [2.75, 3.05) is 32.0 Å². The molecular formula is C14H22N4S. The van der Waals surface area contributed by atoms with E-state index in [-0.39, 0.29) is 0 Å². The molecule has 104 valence electrons. The Kier molecular flexibility index (Phi) is 4.37. The van der Waals surface area contributed by atoms with E-state index in [1.807, 2.05) is 18.2 Å². The van der Waals surface area contributed by atoms with Crippen LogP contribution < -0.4 is 11.1 Å². The van der Waals surface area contributed by atoms with Crippen LogP contribution in [0.1, 0.15) is 25.5 Å². The SMILES string of the molecule is CN1CCC(C)(CNc2cccc(C(N)=S)n2)CC1. The summed E-state index contributed by atoms with van der Waals surface area (Å²) in [6.45, 7) is 5.61. The van der Waals surface area contributed by atoms with Crippen LogP contribution in [0.3, 0.4) is 0 Å². The number of thiocarbonyl (C=S) groups is 1. The molecule has 1 fully saturated rings. The average Bonchev–Trinajstić information content (AvgIpc) is 2.41. The third-order valence-electron chi connectivity index (χ3n) is 3.89. The lowest BCUT2D eigenvalue weighted by Gasteiger charge is -2.38. The third-order valence-corrected chi connectivity index (χ3v) is 4.10. The van der Waals surface area contributed by atoms with Crippen LogP contribution in [0.2, 0.25) is 0 Å². The van der Waals surface area contributed by atoms with E-state index in [0.29, 0.717) is 16.1 Å². The van der Waals surface area contributed by atoms with Gasteiger partial charge in [0.05, 0.1) is 5.69 Å². The smallest absolute Gasteiger partial charge is 0.126 e. The molecule has 5 heteroatoms. The Bertz CT molecular complexity index is 453. The molecule has 0 radical (unpaired) electrons. The maximum absolute atomic E-state index is 5.60. The summed E-state index contributed by atoms with van der Waals surface area (Å²) in [5, 5.41) is 3.42. The van der Waals surface area contributed by atoms with E-state index in [1.54, 1.807) is 0 Å². The molecule has 0 spiro atoms. The summed E-state index contributed by atoms with van der Waals surface area (Å²) in [4.78, 5) is 7.14. The molecule has 19 heavy (non-hydrogen) atoms. The zero-order valence-corrected chi connectivity index (χ0v) is 12.5. The summed E-state index contributed by atoms with van der Waals surface area (Å²) < 4.78 is 0. The van der Waals surface area contributed by atoms with E-state index in [0.717, 1.165) is 12.4 Å². The number of rotatable bonds is 4. The lowest BCUT2D eigenvalue weighted by molar-refractivity contribution is 0.150. The number of likely N-dealkylation sites (tertiary alicyclic amines) is 1. The van der Waals surface area contributed by atoms with Gasteiger partial charge in [-0.2, -0.15) is 0 Å². The second-order valence-electron chi connectivity index (χ2n) is 5.74. The molecule has 2 rings (SSSR count). The van der Waals surface area contributed by atoms with Gasteiger partial charge in [0, 0.05) is 6.54 Å². The highest BCUT2D eigenvalue weighted by atomic mass is 32.1. The van der Waals surface area contributed by atoms with Gasteiger partial charge in [-0.05, 0) is 50.5 Å². The van der Waals surface area contributed by atoms with Crippen LogP contribution in [-0.2, 0) is 0 Å². The molecule has 1 saturated heterocycles. The zero-order chi connectivity index (χ0) is 13.9. The molecule has 3 N–H and O–H groups in total. The zero-order valence-electron chi connectivity index (χ0n) is 11.6. The van der Waals surface area contributed by atoms with Gasteiger partial charge in [-0.15, -0.1) is 0 Å². The quantitative estimate of drug-likeness (QED) is 0.823. The normalized spacial score (nSPS) is 19.1. The first-order chi connectivity index (χ1) is 8.98. The summed E-state index contributed by atoms with van der Waals surface area (Å²) in [6, 6.07) is 5.73. The molecule has 0 atom stereocenters. The Labute approximate surface area is 120 Å². The fourth-order valence-electron chi connectivity index (χ4n) is 2.31. The van der Waals surface area contributed by atoms with Gasteiger partial charge in [-0.1, -0.05) is 25.2 Å².